The molecule has 1 heteroatoms. The Morgan fingerprint density at radius 1 is 0.640 bits per heavy atom. The van der Waals surface area contributed by atoms with E-state index < -0.39 is 0 Å². The fourth-order valence-corrected chi connectivity index (χ4v) is 4.50. The molecule has 1 saturated heterocycles. The summed E-state index contributed by atoms with van der Waals surface area (Å²) >= 11 is 0. The summed E-state index contributed by atoms with van der Waals surface area (Å²) < 4.78 is 5.62. The molecule has 2 atom stereocenters. The predicted octanol–water partition coefficient (Wildman–Crippen LogP) is 8.16. The minimum Gasteiger partial charge on any atom is -0.370 e. The molecule has 0 amide bonds. The van der Waals surface area contributed by atoms with E-state index in [1.807, 2.05) is 5.92 Å². The second kappa shape index (κ2) is 14.1. The Hall–Kier alpha value is -0.0400. The van der Waals surface area contributed by atoms with Crippen molar-refractivity contribution >= 4 is 0 Å². The molecule has 0 aromatic heterocycles. The molecule has 1 nitrogen and oxygen atoms in total. The summed E-state index contributed by atoms with van der Waals surface area (Å²) in [5.41, 5.74) is 0. The summed E-state index contributed by atoms with van der Waals surface area (Å²) in [5.74, 6) is 1.81. The standard InChI is InChI=1S/C24H45O/c1-2-3-4-5-6-7-8-9-10-11-12-13-14-15-16-17-18-22-19-20-23-24(21-22)25-23/h23-24H,2-21H2,1H3. The average molecular weight is 350 g/mol. The molecule has 1 heterocycles. The minimum atomic E-state index is 0.643. The molecule has 2 fully saturated rings. The molecular formula is C24H45O. The van der Waals surface area contributed by atoms with Crippen molar-refractivity contribution in [2.24, 2.45) is 0 Å². The van der Waals surface area contributed by atoms with E-state index in [0.717, 1.165) is 0 Å². The molecule has 0 aromatic rings. The lowest BCUT2D eigenvalue weighted by molar-refractivity contribution is 0.373. The van der Waals surface area contributed by atoms with Crippen LogP contribution in [0.3, 0.4) is 0 Å². The topological polar surface area (TPSA) is 12.5 Å². The van der Waals surface area contributed by atoms with Crippen LogP contribution < -0.4 is 0 Å². The SMILES string of the molecule is CCCCCCCCCCCCCCCCCC[C]1CCC2OC2C1. The van der Waals surface area contributed by atoms with Crippen LogP contribution in [0.2, 0.25) is 0 Å². The van der Waals surface area contributed by atoms with Gasteiger partial charge in [0.05, 0.1) is 12.2 Å². The summed E-state index contributed by atoms with van der Waals surface area (Å²) in [6.07, 6.45) is 30.1. The Morgan fingerprint density at radius 2 is 1.12 bits per heavy atom. The summed E-state index contributed by atoms with van der Waals surface area (Å²) in [4.78, 5) is 0. The number of rotatable bonds is 17. The van der Waals surface area contributed by atoms with Crippen molar-refractivity contribution in [1.82, 2.24) is 0 Å². The molecule has 2 rings (SSSR count). The van der Waals surface area contributed by atoms with Gasteiger partial charge >= 0.3 is 0 Å². The van der Waals surface area contributed by atoms with Gasteiger partial charge in [0.25, 0.3) is 0 Å². The Morgan fingerprint density at radius 3 is 1.60 bits per heavy atom. The first-order chi connectivity index (χ1) is 12.4. The monoisotopic (exact) mass is 349 g/mol. The van der Waals surface area contributed by atoms with Crippen LogP contribution in [0, 0.1) is 5.92 Å². The van der Waals surface area contributed by atoms with Crippen molar-refractivity contribution in [3.05, 3.63) is 5.92 Å². The van der Waals surface area contributed by atoms with Gasteiger partial charge in [-0.3, -0.25) is 0 Å². The fourth-order valence-electron chi connectivity index (χ4n) is 4.50. The highest BCUT2D eigenvalue weighted by Gasteiger charge is 2.43. The maximum atomic E-state index is 5.62. The third-order valence-corrected chi connectivity index (χ3v) is 6.34. The molecule has 0 bridgehead atoms. The van der Waals surface area contributed by atoms with Crippen LogP contribution >= 0.6 is 0 Å². The van der Waals surface area contributed by atoms with Crippen molar-refractivity contribution in [3.63, 3.8) is 0 Å². The van der Waals surface area contributed by atoms with Crippen molar-refractivity contribution in [1.29, 1.82) is 0 Å². The van der Waals surface area contributed by atoms with Gasteiger partial charge < -0.3 is 4.74 Å². The summed E-state index contributed by atoms with van der Waals surface area (Å²) in [5, 5.41) is 0. The molecule has 1 aliphatic heterocycles. The van der Waals surface area contributed by atoms with E-state index >= 15 is 0 Å². The zero-order valence-corrected chi connectivity index (χ0v) is 17.2. The third kappa shape index (κ3) is 10.6. The molecule has 1 radical (unpaired) electrons. The number of ether oxygens (including phenoxy) is 1. The third-order valence-electron chi connectivity index (χ3n) is 6.34. The summed E-state index contributed by atoms with van der Waals surface area (Å²) in [6, 6.07) is 0. The van der Waals surface area contributed by atoms with Crippen molar-refractivity contribution in [2.75, 3.05) is 0 Å². The van der Waals surface area contributed by atoms with Crippen molar-refractivity contribution in [2.45, 2.75) is 148 Å². The lowest BCUT2D eigenvalue weighted by Crippen LogP contribution is -2.11. The zero-order valence-electron chi connectivity index (χ0n) is 17.2. The maximum Gasteiger partial charge on any atom is 0.0847 e. The Labute approximate surface area is 158 Å². The van der Waals surface area contributed by atoms with Crippen LogP contribution in [0.1, 0.15) is 135 Å². The second-order valence-corrected chi connectivity index (χ2v) is 8.76. The molecule has 25 heavy (non-hydrogen) atoms. The summed E-state index contributed by atoms with van der Waals surface area (Å²) in [7, 11) is 0. The largest absolute Gasteiger partial charge is 0.370 e. The highest BCUT2D eigenvalue weighted by molar-refractivity contribution is 5.05. The van der Waals surface area contributed by atoms with E-state index in [1.165, 1.54) is 128 Å². The average Bonchev–Trinajstić information content (AvgIpc) is 3.40. The van der Waals surface area contributed by atoms with Crippen molar-refractivity contribution < 1.29 is 4.74 Å². The lowest BCUT2D eigenvalue weighted by Gasteiger charge is -2.17. The highest BCUT2D eigenvalue weighted by Crippen LogP contribution is 2.42. The minimum absolute atomic E-state index is 0.643. The Bertz CT molecular complexity index is 300. The van der Waals surface area contributed by atoms with Gasteiger partial charge in [0.2, 0.25) is 0 Å². The lowest BCUT2D eigenvalue weighted by atomic mass is 9.85. The molecule has 147 valence electrons. The van der Waals surface area contributed by atoms with Crippen LogP contribution in [-0.2, 0) is 4.74 Å². The van der Waals surface area contributed by atoms with Gasteiger partial charge in [-0.25, -0.2) is 0 Å². The summed E-state index contributed by atoms with van der Waals surface area (Å²) in [6.45, 7) is 2.30. The molecule has 2 unspecified atom stereocenters. The molecule has 1 aliphatic carbocycles. The van der Waals surface area contributed by atoms with E-state index in [0.29, 0.717) is 12.2 Å². The quantitative estimate of drug-likeness (QED) is 0.190. The van der Waals surface area contributed by atoms with E-state index in [1.54, 1.807) is 0 Å². The van der Waals surface area contributed by atoms with Gasteiger partial charge in [-0.15, -0.1) is 0 Å². The number of epoxide rings is 1. The first kappa shape index (κ1) is 21.3. The van der Waals surface area contributed by atoms with Gasteiger partial charge in [0.1, 0.15) is 0 Å². The smallest absolute Gasteiger partial charge is 0.0847 e. The molecule has 0 aromatic carbocycles. The normalized spacial score (nSPS) is 22.9. The van der Waals surface area contributed by atoms with Gasteiger partial charge in [-0.1, -0.05) is 110 Å². The number of unbranched alkanes of at least 4 members (excludes halogenated alkanes) is 15. The number of fused-ring (bicyclic) bond motifs is 1. The fraction of sp³-hybridized carbons (Fsp3) is 0.958. The first-order valence-electron chi connectivity index (χ1n) is 11.9. The van der Waals surface area contributed by atoms with E-state index in [4.69, 9.17) is 4.74 Å². The van der Waals surface area contributed by atoms with Crippen LogP contribution in [-0.4, -0.2) is 12.2 Å². The Balaban J connectivity index is 1.21. The highest BCUT2D eigenvalue weighted by atomic mass is 16.6. The first-order valence-corrected chi connectivity index (χ1v) is 11.9. The van der Waals surface area contributed by atoms with Gasteiger partial charge in [-0.05, 0) is 31.6 Å². The van der Waals surface area contributed by atoms with Gasteiger partial charge in [0, 0.05) is 0 Å². The van der Waals surface area contributed by atoms with Crippen LogP contribution in [0.4, 0.5) is 0 Å². The van der Waals surface area contributed by atoms with E-state index in [9.17, 15) is 0 Å². The predicted molar refractivity (Wildman–Crippen MR) is 110 cm³/mol. The number of hydrogen-bond donors (Lipinski definition) is 0. The van der Waals surface area contributed by atoms with E-state index in [2.05, 4.69) is 6.92 Å². The molecule has 0 N–H and O–H groups in total. The van der Waals surface area contributed by atoms with Crippen molar-refractivity contribution in [3.8, 4) is 0 Å². The second-order valence-electron chi connectivity index (χ2n) is 8.76. The Kier molecular flexibility index (Phi) is 12.0. The maximum absolute atomic E-state index is 5.62. The molecule has 1 saturated carbocycles. The van der Waals surface area contributed by atoms with Crippen LogP contribution in [0.15, 0.2) is 0 Å². The molecule has 0 spiro atoms. The zero-order chi connectivity index (χ0) is 17.6. The molecule has 2 aliphatic rings. The van der Waals surface area contributed by atoms with E-state index in [-0.39, 0.29) is 0 Å². The van der Waals surface area contributed by atoms with Crippen LogP contribution in [0.5, 0.6) is 0 Å². The van der Waals surface area contributed by atoms with Crippen LogP contribution in [0.25, 0.3) is 0 Å². The molecular weight excluding hydrogens is 304 g/mol. The van der Waals surface area contributed by atoms with Gasteiger partial charge in [-0.2, -0.15) is 0 Å². The van der Waals surface area contributed by atoms with Gasteiger partial charge in [0.15, 0.2) is 0 Å². The number of hydrogen-bond acceptors (Lipinski definition) is 1.